The molecule has 6 heteroatoms. The van der Waals surface area contributed by atoms with Crippen molar-refractivity contribution in [3.63, 3.8) is 0 Å². The van der Waals surface area contributed by atoms with Gasteiger partial charge in [-0.3, -0.25) is 4.79 Å². The van der Waals surface area contributed by atoms with E-state index >= 15 is 0 Å². The van der Waals surface area contributed by atoms with E-state index in [1.807, 2.05) is 18.2 Å². The van der Waals surface area contributed by atoms with Crippen molar-refractivity contribution in [1.82, 2.24) is 10.3 Å². The highest BCUT2D eigenvalue weighted by Gasteiger charge is 2.25. The van der Waals surface area contributed by atoms with Crippen molar-refractivity contribution in [3.8, 4) is 0 Å². The fraction of sp³-hybridized carbons (Fsp3) is 0.429. The van der Waals surface area contributed by atoms with Gasteiger partial charge in [0.1, 0.15) is 5.82 Å². The number of nitrogens with zero attached hydrogens (tertiary/aromatic N) is 2. The first-order chi connectivity index (χ1) is 13.2. The first-order valence-corrected chi connectivity index (χ1v) is 9.94. The summed E-state index contributed by atoms with van der Waals surface area (Å²) < 4.78 is 6.04. The van der Waals surface area contributed by atoms with Crippen LogP contribution in [0.5, 0.6) is 0 Å². The number of halogens is 1. The number of ether oxygens (including phenoxy) is 1. The molecule has 1 saturated heterocycles. The Morgan fingerprint density at radius 3 is 2.59 bits per heavy atom. The van der Waals surface area contributed by atoms with Crippen molar-refractivity contribution in [2.45, 2.75) is 44.4 Å². The Bertz CT molecular complexity index is 787. The van der Waals surface area contributed by atoms with E-state index < -0.39 is 0 Å². The van der Waals surface area contributed by atoms with Gasteiger partial charge in [-0.05, 0) is 37.3 Å². The molecule has 2 fully saturated rings. The number of benzene rings is 1. The second-order valence-electron chi connectivity index (χ2n) is 7.26. The van der Waals surface area contributed by atoms with Gasteiger partial charge in [0.2, 0.25) is 0 Å². The predicted octanol–water partition coefficient (Wildman–Crippen LogP) is 3.81. The average Bonchev–Trinajstić information content (AvgIpc) is 3.51. The molecule has 1 amide bonds. The van der Waals surface area contributed by atoms with Crippen molar-refractivity contribution in [3.05, 3.63) is 58.7 Å². The standard InChI is InChI=1S/C21H24ClN3O2/c22-19-12-16(21(26)24-17-6-7-17)13-23-20(19)25-10-8-18(9-11-25)27-14-15-4-2-1-3-5-15/h1-5,12-13,17-18H,6-11,14H2,(H,24,26). The molecule has 1 aliphatic carbocycles. The summed E-state index contributed by atoms with van der Waals surface area (Å²) in [5.41, 5.74) is 1.72. The van der Waals surface area contributed by atoms with Crippen molar-refractivity contribution in [1.29, 1.82) is 0 Å². The van der Waals surface area contributed by atoms with Crippen LogP contribution in [0.2, 0.25) is 5.02 Å². The molecule has 2 heterocycles. The summed E-state index contributed by atoms with van der Waals surface area (Å²) in [6.45, 7) is 2.34. The number of piperidine rings is 1. The van der Waals surface area contributed by atoms with Crippen LogP contribution in [0.1, 0.15) is 41.6 Å². The second kappa shape index (κ2) is 8.28. The molecule has 1 aliphatic heterocycles. The van der Waals surface area contributed by atoms with Gasteiger partial charge in [0, 0.05) is 25.3 Å². The number of aromatic nitrogens is 1. The average molecular weight is 386 g/mol. The van der Waals surface area contributed by atoms with Gasteiger partial charge in [0.05, 0.1) is 23.3 Å². The van der Waals surface area contributed by atoms with E-state index in [9.17, 15) is 4.79 Å². The van der Waals surface area contributed by atoms with Crippen LogP contribution in [0.4, 0.5) is 5.82 Å². The molecule has 1 aromatic heterocycles. The fourth-order valence-corrected chi connectivity index (χ4v) is 3.59. The van der Waals surface area contributed by atoms with Gasteiger partial charge in [0.25, 0.3) is 5.91 Å². The van der Waals surface area contributed by atoms with Crippen LogP contribution in [0.3, 0.4) is 0 Å². The Morgan fingerprint density at radius 2 is 1.93 bits per heavy atom. The molecule has 1 N–H and O–H groups in total. The van der Waals surface area contributed by atoms with Crippen molar-refractivity contribution >= 4 is 23.3 Å². The summed E-state index contributed by atoms with van der Waals surface area (Å²) in [7, 11) is 0. The Labute approximate surface area is 164 Å². The number of hydrogen-bond acceptors (Lipinski definition) is 4. The minimum absolute atomic E-state index is 0.0912. The van der Waals surface area contributed by atoms with Crippen LogP contribution >= 0.6 is 11.6 Å². The van der Waals surface area contributed by atoms with Crippen LogP contribution < -0.4 is 10.2 Å². The van der Waals surface area contributed by atoms with Crippen LogP contribution in [0.25, 0.3) is 0 Å². The summed E-state index contributed by atoms with van der Waals surface area (Å²) in [6, 6.07) is 12.3. The Hall–Kier alpha value is -2.11. The summed E-state index contributed by atoms with van der Waals surface area (Å²) >= 11 is 6.42. The summed E-state index contributed by atoms with van der Waals surface area (Å²) in [5.74, 6) is 0.660. The molecule has 0 unspecified atom stereocenters. The van der Waals surface area contributed by atoms with Crippen molar-refractivity contribution < 1.29 is 9.53 Å². The lowest BCUT2D eigenvalue weighted by atomic mass is 10.1. The maximum atomic E-state index is 12.1. The predicted molar refractivity (Wildman–Crippen MR) is 106 cm³/mol. The number of anilines is 1. The fourth-order valence-electron chi connectivity index (χ4n) is 3.31. The van der Waals surface area contributed by atoms with Gasteiger partial charge in [-0.1, -0.05) is 41.9 Å². The van der Waals surface area contributed by atoms with Gasteiger partial charge in [-0.25, -0.2) is 4.98 Å². The van der Waals surface area contributed by atoms with E-state index in [-0.39, 0.29) is 12.0 Å². The quantitative estimate of drug-likeness (QED) is 0.821. The normalized spacial score (nSPS) is 17.7. The van der Waals surface area contributed by atoms with Gasteiger partial charge in [-0.15, -0.1) is 0 Å². The molecule has 142 valence electrons. The molecule has 0 bridgehead atoms. The van der Waals surface area contributed by atoms with Gasteiger partial charge in [-0.2, -0.15) is 0 Å². The Kier molecular flexibility index (Phi) is 5.60. The lowest BCUT2D eigenvalue weighted by molar-refractivity contribution is 0.0250. The van der Waals surface area contributed by atoms with Crippen LogP contribution in [-0.4, -0.2) is 36.1 Å². The monoisotopic (exact) mass is 385 g/mol. The molecular formula is C21H24ClN3O2. The number of nitrogens with one attached hydrogen (secondary N) is 1. The number of pyridine rings is 1. The minimum Gasteiger partial charge on any atom is -0.373 e. The third kappa shape index (κ3) is 4.79. The molecule has 27 heavy (non-hydrogen) atoms. The molecule has 4 rings (SSSR count). The molecule has 2 aromatic rings. The minimum atomic E-state index is -0.0912. The van der Waals surface area contributed by atoms with E-state index in [1.165, 1.54) is 5.56 Å². The second-order valence-corrected chi connectivity index (χ2v) is 7.67. The third-order valence-corrected chi connectivity index (χ3v) is 5.34. The maximum Gasteiger partial charge on any atom is 0.253 e. The largest absolute Gasteiger partial charge is 0.373 e. The molecule has 0 radical (unpaired) electrons. The number of carbonyl (C=O) groups excluding carboxylic acids is 1. The van der Waals surface area contributed by atoms with E-state index in [4.69, 9.17) is 16.3 Å². The van der Waals surface area contributed by atoms with Crippen LogP contribution in [0, 0.1) is 0 Å². The molecule has 5 nitrogen and oxygen atoms in total. The lowest BCUT2D eigenvalue weighted by Crippen LogP contribution is -2.37. The Balaban J connectivity index is 1.30. The zero-order valence-corrected chi connectivity index (χ0v) is 16.0. The van der Waals surface area contributed by atoms with Crippen molar-refractivity contribution in [2.75, 3.05) is 18.0 Å². The first-order valence-electron chi connectivity index (χ1n) is 9.56. The van der Waals surface area contributed by atoms with Gasteiger partial charge < -0.3 is 15.0 Å². The number of amides is 1. The topological polar surface area (TPSA) is 54.5 Å². The number of carbonyl (C=O) groups is 1. The highest BCUT2D eigenvalue weighted by atomic mass is 35.5. The molecule has 0 atom stereocenters. The SMILES string of the molecule is O=C(NC1CC1)c1cnc(N2CCC(OCc3ccccc3)CC2)c(Cl)c1. The summed E-state index contributed by atoms with van der Waals surface area (Å²) in [5, 5.41) is 3.49. The van der Waals surface area contributed by atoms with E-state index in [1.54, 1.807) is 12.3 Å². The molecule has 1 saturated carbocycles. The van der Waals surface area contributed by atoms with E-state index in [0.717, 1.165) is 44.6 Å². The zero-order chi connectivity index (χ0) is 18.6. The van der Waals surface area contributed by atoms with Crippen LogP contribution in [0.15, 0.2) is 42.6 Å². The number of rotatable bonds is 6. The summed E-state index contributed by atoms with van der Waals surface area (Å²) in [4.78, 5) is 18.8. The van der Waals surface area contributed by atoms with Crippen molar-refractivity contribution in [2.24, 2.45) is 0 Å². The molecule has 0 spiro atoms. The first kappa shape index (κ1) is 18.3. The summed E-state index contributed by atoms with van der Waals surface area (Å²) in [6.07, 6.45) is 5.88. The highest BCUT2D eigenvalue weighted by molar-refractivity contribution is 6.33. The zero-order valence-electron chi connectivity index (χ0n) is 15.2. The maximum absolute atomic E-state index is 12.1. The molecule has 1 aromatic carbocycles. The Morgan fingerprint density at radius 1 is 1.19 bits per heavy atom. The van der Waals surface area contributed by atoms with Crippen LogP contribution in [-0.2, 0) is 11.3 Å². The van der Waals surface area contributed by atoms with E-state index in [2.05, 4.69) is 27.3 Å². The number of hydrogen-bond donors (Lipinski definition) is 1. The van der Waals surface area contributed by atoms with Gasteiger partial charge in [0.15, 0.2) is 0 Å². The highest BCUT2D eigenvalue weighted by Crippen LogP contribution is 2.28. The van der Waals surface area contributed by atoms with Gasteiger partial charge >= 0.3 is 0 Å². The smallest absolute Gasteiger partial charge is 0.253 e. The molecule has 2 aliphatic rings. The lowest BCUT2D eigenvalue weighted by Gasteiger charge is -2.33. The van der Waals surface area contributed by atoms with E-state index in [0.29, 0.717) is 23.2 Å². The molecular weight excluding hydrogens is 362 g/mol. The third-order valence-electron chi connectivity index (χ3n) is 5.07.